The van der Waals surface area contributed by atoms with Gasteiger partial charge in [0.15, 0.2) is 0 Å². The average molecular weight is 242 g/mol. The van der Waals surface area contributed by atoms with E-state index in [9.17, 15) is 0 Å². The lowest BCUT2D eigenvalue weighted by Crippen LogP contribution is -2.37. The van der Waals surface area contributed by atoms with E-state index in [4.69, 9.17) is 5.73 Å². The molecule has 2 aromatic carbocycles. The molecule has 1 unspecified atom stereocenters. The van der Waals surface area contributed by atoms with Gasteiger partial charge in [0, 0.05) is 6.04 Å². The van der Waals surface area contributed by atoms with Crippen molar-refractivity contribution in [2.45, 2.75) is 19.9 Å². The second-order valence-corrected chi connectivity index (χ2v) is 5.48. The van der Waals surface area contributed by atoms with Gasteiger partial charge in [-0.05, 0) is 35.3 Å². The van der Waals surface area contributed by atoms with Gasteiger partial charge in [-0.1, -0.05) is 56.3 Å². The summed E-state index contributed by atoms with van der Waals surface area (Å²) < 4.78 is 0. The van der Waals surface area contributed by atoms with Crippen molar-refractivity contribution in [2.24, 2.45) is 11.1 Å². The Morgan fingerprint density at radius 1 is 1.11 bits per heavy atom. The van der Waals surface area contributed by atoms with Crippen LogP contribution < -0.4 is 11.1 Å². The summed E-state index contributed by atoms with van der Waals surface area (Å²) in [5, 5.41) is 6.01. The molecule has 0 heterocycles. The molecule has 0 aromatic heterocycles. The molecular formula is C16H22N2. The van der Waals surface area contributed by atoms with Gasteiger partial charge in [-0.3, -0.25) is 0 Å². The van der Waals surface area contributed by atoms with Gasteiger partial charge in [0.25, 0.3) is 0 Å². The van der Waals surface area contributed by atoms with Gasteiger partial charge in [0.2, 0.25) is 0 Å². The minimum absolute atomic E-state index is 0.0267. The van der Waals surface area contributed by atoms with Gasteiger partial charge < -0.3 is 11.1 Å². The first-order chi connectivity index (χ1) is 8.60. The first kappa shape index (κ1) is 13.1. The SMILES string of the molecule is CNC(c1cccc2ccccc12)C(C)(C)CN. The number of hydrogen-bond acceptors (Lipinski definition) is 2. The number of benzene rings is 2. The molecule has 0 aliphatic rings. The van der Waals surface area contributed by atoms with E-state index in [2.05, 4.69) is 61.6 Å². The monoisotopic (exact) mass is 242 g/mol. The van der Waals surface area contributed by atoms with Crippen LogP contribution in [-0.4, -0.2) is 13.6 Å². The van der Waals surface area contributed by atoms with Crippen LogP contribution in [0.1, 0.15) is 25.5 Å². The highest BCUT2D eigenvalue weighted by Gasteiger charge is 2.29. The summed E-state index contributed by atoms with van der Waals surface area (Å²) in [6, 6.07) is 15.2. The Kier molecular flexibility index (Phi) is 3.69. The van der Waals surface area contributed by atoms with Crippen LogP contribution in [0, 0.1) is 5.41 Å². The number of rotatable bonds is 4. The topological polar surface area (TPSA) is 38.0 Å². The molecule has 18 heavy (non-hydrogen) atoms. The standard InChI is InChI=1S/C16H22N2/c1-16(2,11-17)15(18-3)14-10-6-8-12-7-4-5-9-13(12)14/h4-10,15,18H,11,17H2,1-3H3. The van der Waals surface area contributed by atoms with Crippen LogP contribution in [0.15, 0.2) is 42.5 Å². The minimum Gasteiger partial charge on any atom is -0.330 e. The highest BCUT2D eigenvalue weighted by molar-refractivity contribution is 5.86. The van der Waals surface area contributed by atoms with Crippen molar-refractivity contribution >= 4 is 10.8 Å². The first-order valence-electron chi connectivity index (χ1n) is 6.45. The number of nitrogens with one attached hydrogen (secondary N) is 1. The van der Waals surface area contributed by atoms with Crippen LogP contribution in [0.25, 0.3) is 10.8 Å². The molecule has 0 bridgehead atoms. The molecule has 0 saturated heterocycles. The largest absolute Gasteiger partial charge is 0.330 e. The quantitative estimate of drug-likeness (QED) is 0.864. The second-order valence-electron chi connectivity index (χ2n) is 5.48. The lowest BCUT2D eigenvalue weighted by Gasteiger charge is -2.34. The zero-order valence-corrected chi connectivity index (χ0v) is 11.4. The molecule has 2 aromatic rings. The van der Waals surface area contributed by atoms with Gasteiger partial charge in [-0.2, -0.15) is 0 Å². The highest BCUT2D eigenvalue weighted by Crippen LogP contribution is 2.35. The minimum atomic E-state index is 0.0267. The Bertz CT molecular complexity index is 526. The maximum Gasteiger partial charge on any atom is 0.0387 e. The fourth-order valence-electron chi connectivity index (χ4n) is 2.59. The van der Waals surface area contributed by atoms with Crippen molar-refractivity contribution in [1.29, 1.82) is 0 Å². The average Bonchev–Trinajstić information content (AvgIpc) is 2.39. The Hall–Kier alpha value is -1.38. The molecule has 2 heteroatoms. The van der Waals surface area contributed by atoms with Crippen molar-refractivity contribution in [3.05, 3.63) is 48.0 Å². The van der Waals surface area contributed by atoms with Gasteiger partial charge >= 0.3 is 0 Å². The van der Waals surface area contributed by atoms with Crippen LogP contribution in [-0.2, 0) is 0 Å². The van der Waals surface area contributed by atoms with E-state index >= 15 is 0 Å². The molecule has 1 atom stereocenters. The summed E-state index contributed by atoms with van der Waals surface area (Å²) in [6.45, 7) is 5.06. The Labute approximate surface area is 109 Å². The third-order valence-electron chi connectivity index (χ3n) is 3.73. The molecule has 96 valence electrons. The third-order valence-corrected chi connectivity index (χ3v) is 3.73. The van der Waals surface area contributed by atoms with E-state index < -0.39 is 0 Å². The molecule has 3 N–H and O–H groups in total. The van der Waals surface area contributed by atoms with E-state index in [-0.39, 0.29) is 11.5 Å². The van der Waals surface area contributed by atoms with E-state index in [0.717, 1.165) is 0 Å². The fraction of sp³-hybridized carbons (Fsp3) is 0.375. The van der Waals surface area contributed by atoms with Gasteiger partial charge in [0.05, 0.1) is 0 Å². The molecular weight excluding hydrogens is 220 g/mol. The predicted molar refractivity (Wildman–Crippen MR) is 78.6 cm³/mol. The third kappa shape index (κ3) is 2.26. The Morgan fingerprint density at radius 3 is 2.44 bits per heavy atom. The molecule has 0 amide bonds. The lowest BCUT2D eigenvalue weighted by molar-refractivity contribution is 0.267. The van der Waals surface area contributed by atoms with Crippen molar-refractivity contribution in [3.63, 3.8) is 0 Å². The summed E-state index contributed by atoms with van der Waals surface area (Å²) in [5.41, 5.74) is 7.28. The fourth-order valence-corrected chi connectivity index (χ4v) is 2.59. The Morgan fingerprint density at radius 2 is 1.78 bits per heavy atom. The summed E-state index contributed by atoms with van der Waals surface area (Å²) in [7, 11) is 2.00. The van der Waals surface area contributed by atoms with Crippen molar-refractivity contribution in [2.75, 3.05) is 13.6 Å². The molecule has 0 spiro atoms. The van der Waals surface area contributed by atoms with Crippen molar-refractivity contribution in [1.82, 2.24) is 5.32 Å². The van der Waals surface area contributed by atoms with Crippen LogP contribution >= 0.6 is 0 Å². The van der Waals surface area contributed by atoms with Crippen LogP contribution in [0.2, 0.25) is 0 Å². The molecule has 2 nitrogen and oxygen atoms in total. The maximum atomic E-state index is 5.92. The van der Waals surface area contributed by atoms with Gasteiger partial charge in [0.1, 0.15) is 0 Å². The van der Waals surface area contributed by atoms with E-state index in [1.165, 1.54) is 16.3 Å². The number of nitrogens with two attached hydrogens (primary N) is 1. The zero-order chi connectivity index (χ0) is 13.2. The van der Waals surface area contributed by atoms with Gasteiger partial charge in [-0.25, -0.2) is 0 Å². The van der Waals surface area contributed by atoms with Crippen LogP contribution in [0.4, 0.5) is 0 Å². The van der Waals surface area contributed by atoms with E-state index in [1.807, 2.05) is 7.05 Å². The van der Waals surface area contributed by atoms with E-state index in [0.29, 0.717) is 6.54 Å². The maximum absolute atomic E-state index is 5.92. The first-order valence-corrected chi connectivity index (χ1v) is 6.45. The van der Waals surface area contributed by atoms with Crippen molar-refractivity contribution < 1.29 is 0 Å². The lowest BCUT2D eigenvalue weighted by atomic mass is 9.79. The molecule has 0 fully saturated rings. The summed E-state index contributed by atoms with van der Waals surface area (Å²) >= 11 is 0. The Balaban J connectivity index is 2.59. The summed E-state index contributed by atoms with van der Waals surface area (Å²) in [4.78, 5) is 0. The normalized spacial score (nSPS) is 13.8. The number of hydrogen-bond donors (Lipinski definition) is 2. The van der Waals surface area contributed by atoms with Gasteiger partial charge in [-0.15, -0.1) is 0 Å². The summed E-state index contributed by atoms with van der Waals surface area (Å²) in [6.07, 6.45) is 0. The highest BCUT2D eigenvalue weighted by atomic mass is 14.9. The molecule has 0 aliphatic carbocycles. The van der Waals surface area contributed by atoms with E-state index in [1.54, 1.807) is 0 Å². The molecule has 0 radical (unpaired) electrons. The van der Waals surface area contributed by atoms with Crippen LogP contribution in [0.3, 0.4) is 0 Å². The van der Waals surface area contributed by atoms with Crippen LogP contribution in [0.5, 0.6) is 0 Å². The smallest absolute Gasteiger partial charge is 0.0387 e. The molecule has 0 aliphatic heterocycles. The zero-order valence-electron chi connectivity index (χ0n) is 11.4. The number of fused-ring (bicyclic) bond motifs is 1. The molecule has 2 rings (SSSR count). The van der Waals surface area contributed by atoms with Crippen molar-refractivity contribution in [3.8, 4) is 0 Å². The second kappa shape index (κ2) is 5.09. The summed E-state index contributed by atoms with van der Waals surface area (Å²) in [5.74, 6) is 0. The molecule has 0 saturated carbocycles. The predicted octanol–water partition coefficient (Wildman–Crippen LogP) is 3.09.